The van der Waals surface area contributed by atoms with Gasteiger partial charge in [-0.05, 0) is 42.0 Å². The molecule has 0 aliphatic carbocycles. The molecule has 0 radical (unpaired) electrons. The third kappa shape index (κ3) is 3.40. The Morgan fingerprint density at radius 1 is 1.17 bits per heavy atom. The number of allylic oxidation sites excluding steroid dienone is 1. The van der Waals surface area contributed by atoms with Crippen LogP contribution in [-0.2, 0) is 15.9 Å². The molecule has 9 nitrogen and oxygen atoms in total. The largest absolute Gasteiger partial charge is 0.506 e. The zero-order valence-electron chi connectivity index (χ0n) is 16.1. The normalized spacial score (nSPS) is 29.0. The van der Waals surface area contributed by atoms with Gasteiger partial charge in [0, 0.05) is 0 Å². The van der Waals surface area contributed by atoms with Crippen molar-refractivity contribution in [2.75, 3.05) is 6.61 Å². The number of hydrogen-bond acceptors (Lipinski definition) is 9. The number of rotatable bonds is 3. The highest BCUT2D eigenvalue weighted by atomic mass is 16.7. The SMILES string of the molecule is CC1=COC(=O)c2c(cc3cccc(OC4OC(CO)C(O)C(O)C4O)c3c2O)C1. The van der Waals surface area contributed by atoms with Gasteiger partial charge in [-0.25, -0.2) is 4.79 Å². The number of aromatic hydroxyl groups is 1. The van der Waals surface area contributed by atoms with E-state index in [2.05, 4.69) is 0 Å². The van der Waals surface area contributed by atoms with Crippen LogP contribution in [0.25, 0.3) is 10.8 Å². The molecule has 5 unspecified atom stereocenters. The molecule has 2 heterocycles. The molecule has 0 aromatic heterocycles. The van der Waals surface area contributed by atoms with Gasteiger partial charge in [0.25, 0.3) is 0 Å². The first kappa shape index (κ1) is 20.6. The molecule has 5 N–H and O–H groups in total. The Hall–Kier alpha value is -2.69. The van der Waals surface area contributed by atoms with Gasteiger partial charge in [0.15, 0.2) is 0 Å². The number of esters is 1. The van der Waals surface area contributed by atoms with Gasteiger partial charge in [0.2, 0.25) is 6.29 Å². The molecule has 4 rings (SSSR count). The molecule has 0 bridgehead atoms. The molecular weight excluding hydrogens is 396 g/mol. The van der Waals surface area contributed by atoms with Gasteiger partial charge in [0.1, 0.15) is 41.5 Å². The summed E-state index contributed by atoms with van der Waals surface area (Å²) >= 11 is 0. The third-order valence-corrected chi connectivity index (χ3v) is 5.32. The minimum Gasteiger partial charge on any atom is -0.506 e. The van der Waals surface area contributed by atoms with Crippen molar-refractivity contribution in [1.82, 2.24) is 0 Å². The maximum Gasteiger partial charge on any atom is 0.347 e. The first-order chi connectivity index (χ1) is 14.3. The van der Waals surface area contributed by atoms with E-state index in [-0.39, 0.29) is 22.4 Å². The van der Waals surface area contributed by atoms with Crippen LogP contribution < -0.4 is 4.74 Å². The summed E-state index contributed by atoms with van der Waals surface area (Å²) in [6, 6.07) is 6.63. The average Bonchev–Trinajstić information content (AvgIpc) is 2.86. The van der Waals surface area contributed by atoms with Gasteiger partial charge in [0.05, 0.1) is 18.3 Å². The van der Waals surface area contributed by atoms with Crippen LogP contribution in [0.3, 0.4) is 0 Å². The smallest absolute Gasteiger partial charge is 0.347 e. The molecule has 30 heavy (non-hydrogen) atoms. The van der Waals surface area contributed by atoms with Crippen LogP contribution in [0.5, 0.6) is 11.5 Å². The lowest BCUT2D eigenvalue weighted by molar-refractivity contribution is -0.277. The van der Waals surface area contributed by atoms with E-state index in [1.165, 1.54) is 12.3 Å². The second-order valence-corrected chi connectivity index (χ2v) is 7.47. The molecule has 0 amide bonds. The number of aliphatic hydroxyl groups is 4. The number of carbonyl (C=O) groups excluding carboxylic acids is 1. The monoisotopic (exact) mass is 418 g/mol. The lowest BCUT2D eigenvalue weighted by Crippen LogP contribution is -2.60. The Morgan fingerprint density at radius 3 is 2.67 bits per heavy atom. The molecule has 2 aliphatic heterocycles. The molecule has 1 fully saturated rings. The van der Waals surface area contributed by atoms with Crippen LogP contribution >= 0.6 is 0 Å². The summed E-state index contributed by atoms with van der Waals surface area (Å²) in [6.07, 6.45) is -5.55. The van der Waals surface area contributed by atoms with Crippen molar-refractivity contribution in [3.05, 3.63) is 47.2 Å². The highest BCUT2D eigenvalue weighted by Gasteiger charge is 2.45. The van der Waals surface area contributed by atoms with Crippen LogP contribution in [0, 0.1) is 0 Å². The predicted octanol–water partition coefficient (Wildman–Crippen LogP) is 0.341. The summed E-state index contributed by atoms with van der Waals surface area (Å²) in [5, 5.41) is 51.2. The molecule has 160 valence electrons. The van der Waals surface area contributed by atoms with Gasteiger partial charge in [-0.1, -0.05) is 12.1 Å². The fourth-order valence-electron chi connectivity index (χ4n) is 3.77. The van der Waals surface area contributed by atoms with Crippen molar-refractivity contribution >= 4 is 16.7 Å². The molecule has 2 aromatic carbocycles. The lowest BCUT2D eigenvalue weighted by Gasteiger charge is -2.39. The Morgan fingerprint density at radius 2 is 1.93 bits per heavy atom. The second-order valence-electron chi connectivity index (χ2n) is 7.47. The molecule has 0 saturated carbocycles. The third-order valence-electron chi connectivity index (χ3n) is 5.32. The fraction of sp³-hybridized carbons (Fsp3) is 0.381. The van der Waals surface area contributed by atoms with E-state index in [0.29, 0.717) is 17.4 Å². The van der Waals surface area contributed by atoms with E-state index in [4.69, 9.17) is 14.2 Å². The minimum atomic E-state index is -1.61. The Balaban J connectivity index is 1.77. The molecule has 2 aromatic rings. The lowest BCUT2D eigenvalue weighted by atomic mass is 9.95. The summed E-state index contributed by atoms with van der Waals surface area (Å²) in [7, 11) is 0. The predicted molar refractivity (Wildman–Crippen MR) is 103 cm³/mol. The van der Waals surface area contributed by atoms with Crippen molar-refractivity contribution in [2.24, 2.45) is 0 Å². The molecule has 0 spiro atoms. The highest BCUT2D eigenvalue weighted by molar-refractivity contribution is 6.05. The van der Waals surface area contributed by atoms with E-state index < -0.39 is 43.3 Å². The fourth-order valence-corrected chi connectivity index (χ4v) is 3.77. The Labute approximate surface area is 171 Å². The van der Waals surface area contributed by atoms with Gasteiger partial charge in [-0.3, -0.25) is 0 Å². The summed E-state index contributed by atoms with van der Waals surface area (Å²) < 4.78 is 16.2. The van der Waals surface area contributed by atoms with Crippen LogP contribution in [0.4, 0.5) is 0 Å². The number of ether oxygens (including phenoxy) is 3. The molecule has 9 heteroatoms. The van der Waals surface area contributed by atoms with Crippen LogP contribution in [-0.4, -0.2) is 68.8 Å². The van der Waals surface area contributed by atoms with Gasteiger partial charge in [-0.15, -0.1) is 0 Å². The van der Waals surface area contributed by atoms with Crippen molar-refractivity contribution in [1.29, 1.82) is 0 Å². The maximum atomic E-state index is 12.4. The quantitative estimate of drug-likeness (QED) is 0.445. The number of phenolic OH excluding ortho intramolecular Hbond substituents is 1. The van der Waals surface area contributed by atoms with Crippen molar-refractivity contribution in [3.63, 3.8) is 0 Å². The molecule has 2 aliphatic rings. The van der Waals surface area contributed by atoms with Crippen LogP contribution in [0.1, 0.15) is 22.8 Å². The first-order valence-corrected chi connectivity index (χ1v) is 9.43. The van der Waals surface area contributed by atoms with Gasteiger partial charge < -0.3 is 39.7 Å². The molecular formula is C21H22O9. The van der Waals surface area contributed by atoms with Crippen molar-refractivity contribution in [3.8, 4) is 11.5 Å². The van der Waals surface area contributed by atoms with Gasteiger partial charge in [-0.2, -0.15) is 0 Å². The van der Waals surface area contributed by atoms with E-state index >= 15 is 0 Å². The standard InChI is InChI=1S/C21H22O9/c1-9-5-11-6-10-3-2-4-12(14(10)17(24)15(11)20(27)28-8-9)29-21-19(26)18(25)16(23)13(7-22)30-21/h2-4,6,8,13,16,18-19,21-26H,5,7H2,1H3. The maximum absolute atomic E-state index is 12.4. The van der Waals surface area contributed by atoms with Crippen LogP contribution in [0.2, 0.25) is 0 Å². The van der Waals surface area contributed by atoms with Gasteiger partial charge >= 0.3 is 5.97 Å². The van der Waals surface area contributed by atoms with E-state index in [0.717, 1.165) is 5.57 Å². The molecule has 5 atom stereocenters. The number of aliphatic hydroxyl groups excluding tert-OH is 4. The number of cyclic esters (lactones) is 1. The zero-order valence-corrected chi connectivity index (χ0v) is 16.1. The second kappa shape index (κ2) is 7.86. The molecule has 1 saturated heterocycles. The zero-order chi connectivity index (χ0) is 21.6. The Kier molecular flexibility index (Phi) is 5.39. The highest BCUT2D eigenvalue weighted by Crippen LogP contribution is 2.40. The Bertz CT molecular complexity index is 1010. The van der Waals surface area contributed by atoms with Crippen molar-refractivity contribution in [2.45, 2.75) is 44.1 Å². The summed E-state index contributed by atoms with van der Waals surface area (Å²) in [4.78, 5) is 12.4. The van der Waals surface area contributed by atoms with E-state index in [9.17, 15) is 30.3 Å². The van der Waals surface area contributed by atoms with Crippen molar-refractivity contribution < 1.29 is 44.5 Å². The number of phenols is 1. The van der Waals surface area contributed by atoms with E-state index in [1.54, 1.807) is 18.2 Å². The minimum absolute atomic E-state index is 0.0143. The summed E-state index contributed by atoms with van der Waals surface area (Å²) in [6.45, 7) is 1.21. The number of fused-ring (bicyclic) bond motifs is 2. The van der Waals surface area contributed by atoms with E-state index in [1.807, 2.05) is 6.92 Å². The average molecular weight is 418 g/mol. The summed E-state index contributed by atoms with van der Waals surface area (Å²) in [5.74, 6) is -0.960. The number of benzene rings is 2. The first-order valence-electron chi connectivity index (χ1n) is 9.43. The van der Waals surface area contributed by atoms with Crippen LogP contribution in [0.15, 0.2) is 36.1 Å². The number of hydrogen-bond donors (Lipinski definition) is 5. The summed E-state index contributed by atoms with van der Waals surface area (Å²) in [5.41, 5.74) is 1.43. The number of carbonyl (C=O) groups is 1. The topological polar surface area (TPSA) is 146 Å².